The van der Waals surface area contributed by atoms with Crippen LogP contribution in [0.1, 0.15) is 41.3 Å². The van der Waals surface area contributed by atoms with Gasteiger partial charge in [-0.3, -0.25) is 19.7 Å². The second-order valence-electron chi connectivity index (χ2n) is 5.74. The van der Waals surface area contributed by atoms with Crippen LogP contribution in [0.3, 0.4) is 0 Å². The number of hydrogen-bond donors (Lipinski definition) is 2. The molecule has 1 atom stereocenters. The average Bonchev–Trinajstić information content (AvgIpc) is 2.80. The molecule has 2 aliphatic heterocycles. The highest BCUT2D eigenvalue weighted by atomic mass is 16.2. The molecule has 3 amide bonds. The Kier molecular flexibility index (Phi) is 3.06. The molecule has 0 bridgehead atoms. The van der Waals surface area contributed by atoms with Gasteiger partial charge in [-0.15, -0.1) is 0 Å². The highest BCUT2D eigenvalue weighted by Gasteiger charge is 2.48. The fourth-order valence-corrected chi connectivity index (χ4v) is 2.95. The van der Waals surface area contributed by atoms with E-state index in [9.17, 15) is 14.4 Å². The number of carbonyl (C=O) groups excluding carboxylic acids is 3. The Morgan fingerprint density at radius 2 is 2.10 bits per heavy atom. The molecule has 6 heteroatoms. The first-order chi connectivity index (χ1) is 9.95. The second-order valence-corrected chi connectivity index (χ2v) is 5.74. The van der Waals surface area contributed by atoms with Crippen molar-refractivity contribution in [2.45, 2.75) is 38.4 Å². The molecule has 0 saturated carbocycles. The molecule has 2 heterocycles. The van der Waals surface area contributed by atoms with Crippen molar-refractivity contribution in [1.29, 1.82) is 0 Å². The standard InChI is InChI=1S/C15H17N3O3/c1-15(5-4-12(19)17-14(15)21)18-8-10-6-9(7-16)2-3-11(10)13(18)20/h2-3,6H,4-5,7-8,16H2,1H3,(H,17,19,21). The summed E-state index contributed by atoms with van der Waals surface area (Å²) >= 11 is 0. The summed E-state index contributed by atoms with van der Waals surface area (Å²) in [4.78, 5) is 37.6. The molecular weight excluding hydrogens is 270 g/mol. The number of nitrogens with two attached hydrogens (primary N) is 1. The summed E-state index contributed by atoms with van der Waals surface area (Å²) in [5.41, 5.74) is 7.09. The fourth-order valence-electron chi connectivity index (χ4n) is 2.95. The Balaban J connectivity index is 1.93. The van der Waals surface area contributed by atoms with Gasteiger partial charge in [0.15, 0.2) is 0 Å². The Morgan fingerprint density at radius 3 is 2.76 bits per heavy atom. The van der Waals surface area contributed by atoms with E-state index >= 15 is 0 Å². The summed E-state index contributed by atoms with van der Waals surface area (Å²) in [6.45, 7) is 2.50. The lowest BCUT2D eigenvalue weighted by Crippen LogP contribution is -2.61. The average molecular weight is 287 g/mol. The molecule has 1 fully saturated rings. The molecule has 21 heavy (non-hydrogen) atoms. The molecule has 3 N–H and O–H groups in total. The van der Waals surface area contributed by atoms with Crippen LogP contribution < -0.4 is 11.1 Å². The van der Waals surface area contributed by atoms with Crippen molar-refractivity contribution in [3.8, 4) is 0 Å². The summed E-state index contributed by atoms with van der Waals surface area (Å²) in [6, 6.07) is 5.49. The number of benzene rings is 1. The van der Waals surface area contributed by atoms with Crippen LogP contribution in [0.25, 0.3) is 0 Å². The molecule has 1 saturated heterocycles. The minimum Gasteiger partial charge on any atom is -0.326 e. The van der Waals surface area contributed by atoms with E-state index < -0.39 is 11.4 Å². The normalized spacial score (nSPS) is 25.0. The number of amides is 3. The zero-order valence-electron chi connectivity index (χ0n) is 11.8. The number of imide groups is 1. The number of nitrogens with one attached hydrogen (secondary N) is 1. The number of piperidine rings is 1. The first-order valence-corrected chi connectivity index (χ1v) is 6.94. The molecule has 0 aromatic heterocycles. The quantitative estimate of drug-likeness (QED) is 0.765. The Hall–Kier alpha value is -2.21. The minimum atomic E-state index is -0.979. The summed E-state index contributed by atoms with van der Waals surface area (Å²) < 4.78 is 0. The lowest BCUT2D eigenvalue weighted by atomic mass is 9.89. The molecule has 3 rings (SSSR count). The van der Waals surface area contributed by atoms with Crippen LogP contribution in [0.4, 0.5) is 0 Å². The van der Waals surface area contributed by atoms with Gasteiger partial charge in [-0.1, -0.05) is 12.1 Å². The minimum absolute atomic E-state index is 0.166. The van der Waals surface area contributed by atoms with E-state index in [4.69, 9.17) is 5.73 Å². The monoisotopic (exact) mass is 287 g/mol. The molecule has 1 aromatic carbocycles. The maximum atomic E-state index is 12.6. The smallest absolute Gasteiger partial charge is 0.255 e. The van der Waals surface area contributed by atoms with E-state index in [0.29, 0.717) is 25.1 Å². The third-order valence-corrected chi connectivity index (χ3v) is 4.39. The summed E-state index contributed by atoms with van der Waals surface area (Å²) in [5.74, 6) is -0.855. The number of fused-ring (bicyclic) bond motifs is 1. The van der Waals surface area contributed by atoms with E-state index in [2.05, 4.69) is 5.32 Å². The van der Waals surface area contributed by atoms with Crippen LogP contribution in [0.15, 0.2) is 18.2 Å². The Bertz CT molecular complexity index is 656. The lowest BCUT2D eigenvalue weighted by molar-refractivity contribution is -0.142. The Labute approximate surface area is 122 Å². The highest BCUT2D eigenvalue weighted by Crippen LogP contribution is 2.34. The van der Waals surface area contributed by atoms with Gasteiger partial charge in [0.05, 0.1) is 0 Å². The number of nitrogens with zero attached hydrogens (tertiary/aromatic N) is 1. The second kappa shape index (κ2) is 4.66. The molecule has 1 aromatic rings. The molecule has 110 valence electrons. The molecule has 1 unspecified atom stereocenters. The number of carbonyl (C=O) groups is 3. The van der Waals surface area contributed by atoms with Crippen molar-refractivity contribution < 1.29 is 14.4 Å². The van der Waals surface area contributed by atoms with Crippen molar-refractivity contribution in [1.82, 2.24) is 10.2 Å². The van der Waals surface area contributed by atoms with Crippen LogP contribution in [0.2, 0.25) is 0 Å². The lowest BCUT2D eigenvalue weighted by Gasteiger charge is -2.39. The zero-order valence-corrected chi connectivity index (χ0v) is 11.8. The largest absolute Gasteiger partial charge is 0.326 e. The Morgan fingerprint density at radius 1 is 1.33 bits per heavy atom. The molecule has 0 aliphatic carbocycles. The van der Waals surface area contributed by atoms with E-state index in [1.54, 1.807) is 17.9 Å². The predicted octanol–water partition coefficient (Wildman–Crippen LogP) is 0.296. The molecule has 2 aliphatic rings. The van der Waals surface area contributed by atoms with Crippen LogP contribution in [0.5, 0.6) is 0 Å². The van der Waals surface area contributed by atoms with Crippen molar-refractivity contribution in [2.75, 3.05) is 0 Å². The van der Waals surface area contributed by atoms with E-state index in [-0.39, 0.29) is 18.2 Å². The van der Waals surface area contributed by atoms with Gasteiger partial charge in [-0.25, -0.2) is 0 Å². The van der Waals surface area contributed by atoms with Gasteiger partial charge >= 0.3 is 0 Å². The number of hydrogen-bond acceptors (Lipinski definition) is 4. The maximum Gasteiger partial charge on any atom is 0.255 e. The van der Waals surface area contributed by atoms with Gasteiger partial charge < -0.3 is 10.6 Å². The van der Waals surface area contributed by atoms with E-state index in [1.165, 1.54) is 0 Å². The fraction of sp³-hybridized carbons (Fsp3) is 0.400. The SMILES string of the molecule is CC1(N2Cc3cc(CN)ccc3C2=O)CCC(=O)NC1=O. The van der Waals surface area contributed by atoms with Gasteiger partial charge in [-0.2, -0.15) is 0 Å². The van der Waals surface area contributed by atoms with Crippen LogP contribution in [-0.4, -0.2) is 28.2 Å². The zero-order chi connectivity index (χ0) is 15.2. The van der Waals surface area contributed by atoms with Gasteiger partial charge in [0.1, 0.15) is 5.54 Å². The third kappa shape index (κ3) is 2.03. The van der Waals surface area contributed by atoms with Gasteiger partial charge in [0, 0.05) is 25.1 Å². The first kappa shape index (κ1) is 13.8. The van der Waals surface area contributed by atoms with E-state index in [1.807, 2.05) is 12.1 Å². The summed E-state index contributed by atoms with van der Waals surface area (Å²) in [5, 5.41) is 2.32. The van der Waals surface area contributed by atoms with Crippen molar-refractivity contribution in [2.24, 2.45) is 5.73 Å². The van der Waals surface area contributed by atoms with Crippen LogP contribution in [-0.2, 0) is 22.7 Å². The molecular formula is C15H17N3O3. The summed E-state index contributed by atoms with van der Waals surface area (Å²) in [6.07, 6.45) is 0.595. The summed E-state index contributed by atoms with van der Waals surface area (Å²) in [7, 11) is 0. The van der Waals surface area contributed by atoms with Crippen LogP contribution >= 0.6 is 0 Å². The predicted molar refractivity (Wildman–Crippen MR) is 75.0 cm³/mol. The highest BCUT2D eigenvalue weighted by molar-refractivity contribution is 6.07. The van der Waals surface area contributed by atoms with Crippen molar-refractivity contribution in [3.63, 3.8) is 0 Å². The molecule has 0 spiro atoms. The van der Waals surface area contributed by atoms with Gasteiger partial charge in [0.25, 0.3) is 11.8 Å². The van der Waals surface area contributed by atoms with Crippen molar-refractivity contribution in [3.05, 3.63) is 34.9 Å². The molecule has 0 radical (unpaired) electrons. The van der Waals surface area contributed by atoms with Crippen molar-refractivity contribution >= 4 is 17.7 Å². The first-order valence-electron chi connectivity index (χ1n) is 6.94. The topological polar surface area (TPSA) is 92.5 Å². The maximum absolute atomic E-state index is 12.6. The third-order valence-electron chi connectivity index (χ3n) is 4.39. The van der Waals surface area contributed by atoms with Crippen LogP contribution in [0, 0.1) is 0 Å². The molecule has 6 nitrogen and oxygen atoms in total. The van der Waals surface area contributed by atoms with Gasteiger partial charge in [0.2, 0.25) is 5.91 Å². The van der Waals surface area contributed by atoms with E-state index in [0.717, 1.165) is 11.1 Å². The van der Waals surface area contributed by atoms with Gasteiger partial charge in [-0.05, 0) is 30.5 Å². The number of rotatable bonds is 2.